The molecule has 0 aliphatic rings. The molecule has 10 aromatic rings. The average Bonchev–Trinajstić information content (AvgIpc) is 3.81. The van der Waals surface area contributed by atoms with E-state index in [1.165, 1.54) is 0 Å². The van der Waals surface area contributed by atoms with Crippen LogP contribution in [0.5, 0.6) is 0 Å². The van der Waals surface area contributed by atoms with Crippen LogP contribution in [0.15, 0.2) is 174 Å². The second-order valence-corrected chi connectivity index (χ2v) is 11.9. The first kappa shape index (κ1) is 21.9. The van der Waals surface area contributed by atoms with Crippen LogP contribution in [0, 0.1) is 0 Å². The summed E-state index contributed by atoms with van der Waals surface area (Å²) in [5.41, 5.74) is 5.24. The fourth-order valence-corrected chi connectivity index (χ4v) is 6.65. The van der Waals surface area contributed by atoms with Gasteiger partial charge < -0.3 is 8.98 Å². The summed E-state index contributed by atoms with van der Waals surface area (Å²) in [7, 11) is 0. The second kappa shape index (κ2) is 11.4. The Labute approximate surface area is 297 Å². The van der Waals surface area contributed by atoms with Gasteiger partial charge in [0.25, 0.3) is 0 Å². The van der Waals surface area contributed by atoms with E-state index in [2.05, 4.69) is 0 Å². The first-order valence-corrected chi connectivity index (χ1v) is 16.1. The molecule has 0 aliphatic heterocycles. The Hall–Kier alpha value is -6.85. The number of benzene rings is 7. The van der Waals surface area contributed by atoms with E-state index in [4.69, 9.17) is 27.6 Å². The molecule has 10 rings (SSSR count). The zero-order chi connectivity index (χ0) is 39.1. The number of furan rings is 1. The van der Waals surface area contributed by atoms with Crippen molar-refractivity contribution in [1.29, 1.82) is 0 Å². The third-order valence-corrected chi connectivity index (χ3v) is 8.95. The fraction of sp³-hybridized carbons (Fsp3) is 0. The van der Waals surface area contributed by atoms with Crippen molar-refractivity contribution in [3.8, 4) is 51.0 Å². The second-order valence-electron chi connectivity index (χ2n) is 11.9. The molecule has 234 valence electrons. The average molecular weight is 648 g/mol. The van der Waals surface area contributed by atoms with Crippen molar-refractivity contribution >= 4 is 43.7 Å². The van der Waals surface area contributed by atoms with E-state index >= 15 is 0 Å². The minimum atomic E-state index is -0.431. The Morgan fingerprint density at radius 1 is 0.460 bits per heavy atom. The lowest BCUT2D eigenvalue weighted by atomic mass is 9.97. The number of hydrogen-bond donors (Lipinski definition) is 0. The smallest absolute Gasteiger partial charge is 0.164 e. The van der Waals surface area contributed by atoms with Crippen LogP contribution in [0.3, 0.4) is 0 Å². The SMILES string of the molecule is [2H]c1c([2H])c([2H])c2c(c1[2H])c1c(-c3cccc(-c4nc(-c5ccccc5)nc(-c5ccc6c(c5)oc5ccccc56)n4)c3)c([2H])c([2H])c([2H])c1n2-c1ccccc1. The number of nitrogens with zero attached hydrogens (tertiary/aromatic N) is 4. The molecular formula is C45H28N4O. The van der Waals surface area contributed by atoms with Gasteiger partial charge in [-0.2, -0.15) is 0 Å². The molecule has 0 saturated heterocycles. The van der Waals surface area contributed by atoms with Gasteiger partial charge in [-0.05, 0) is 59.6 Å². The minimum Gasteiger partial charge on any atom is -0.456 e. The number of hydrogen-bond acceptors (Lipinski definition) is 4. The molecule has 0 unspecified atom stereocenters. The fourth-order valence-electron chi connectivity index (χ4n) is 6.65. The van der Waals surface area contributed by atoms with E-state index in [0.29, 0.717) is 39.9 Å². The van der Waals surface area contributed by atoms with Crippen LogP contribution in [-0.2, 0) is 0 Å². The summed E-state index contributed by atoms with van der Waals surface area (Å²) in [6, 6.07) is 37.3. The van der Waals surface area contributed by atoms with Gasteiger partial charge in [-0.15, -0.1) is 0 Å². The third-order valence-electron chi connectivity index (χ3n) is 8.95. The highest BCUT2D eigenvalue weighted by atomic mass is 16.3. The lowest BCUT2D eigenvalue weighted by Crippen LogP contribution is -2.00. The highest BCUT2D eigenvalue weighted by molar-refractivity contribution is 6.16. The lowest BCUT2D eigenvalue weighted by Gasteiger charge is -2.11. The Morgan fingerprint density at radius 3 is 1.94 bits per heavy atom. The third kappa shape index (κ3) is 4.60. The maximum absolute atomic E-state index is 9.28. The molecule has 3 heterocycles. The molecule has 5 heteroatoms. The van der Waals surface area contributed by atoms with Crippen molar-refractivity contribution in [2.75, 3.05) is 0 Å². The Morgan fingerprint density at radius 2 is 1.10 bits per heavy atom. The van der Waals surface area contributed by atoms with Crippen molar-refractivity contribution in [2.24, 2.45) is 0 Å². The van der Waals surface area contributed by atoms with E-state index in [9.17, 15) is 1.37 Å². The first-order valence-electron chi connectivity index (χ1n) is 19.6. The Balaban J connectivity index is 1.23. The monoisotopic (exact) mass is 647 g/mol. The van der Waals surface area contributed by atoms with Gasteiger partial charge in [-0.1, -0.05) is 121 Å². The largest absolute Gasteiger partial charge is 0.456 e. The highest BCUT2D eigenvalue weighted by Gasteiger charge is 2.18. The normalized spacial score (nSPS) is 13.6. The van der Waals surface area contributed by atoms with Crippen LogP contribution in [0.4, 0.5) is 0 Å². The summed E-state index contributed by atoms with van der Waals surface area (Å²) in [5.74, 6) is 1.22. The molecule has 7 aromatic carbocycles. The molecular weight excluding hydrogens is 613 g/mol. The molecule has 50 heavy (non-hydrogen) atoms. The molecule has 0 bridgehead atoms. The summed E-state index contributed by atoms with van der Waals surface area (Å²) >= 11 is 0. The standard InChI is InChI=1S/C45H28N4O/c1-3-13-29(14-4-1)43-46-44(48-45(47-43)32-25-26-36-35-19-8-10-24-40(35)50-41(36)28-32)31-16-11-15-30(27-31)34-21-12-23-39-42(34)37-20-7-9-22-38(37)49(39)33-17-5-2-6-18-33/h1-28H/i7D,9D,12D,20D,21D,22D,23D. The summed E-state index contributed by atoms with van der Waals surface area (Å²) in [4.78, 5) is 14.8. The lowest BCUT2D eigenvalue weighted by molar-refractivity contribution is 0.669. The molecule has 0 saturated carbocycles. The van der Waals surface area contributed by atoms with Gasteiger partial charge in [0.1, 0.15) is 11.2 Å². The zero-order valence-electron chi connectivity index (χ0n) is 33.3. The first-order chi connectivity index (χ1) is 27.7. The van der Waals surface area contributed by atoms with E-state index in [1.807, 2.05) is 91.0 Å². The van der Waals surface area contributed by atoms with Gasteiger partial charge in [0.15, 0.2) is 17.5 Å². The van der Waals surface area contributed by atoms with E-state index < -0.39 is 12.1 Å². The molecule has 0 N–H and O–H groups in total. The number of para-hydroxylation sites is 3. The van der Waals surface area contributed by atoms with Gasteiger partial charge >= 0.3 is 0 Å². The molecule has 0 atom stereocenters. The molecule has 0 amide bonds. The van der Waals surface area contributed by atoms with Crippen molar-refractivity contribution in [3.05, 3.63) is 170 Å². The molecule has 0 aliphatic carbocycles. The Kier molecular flexibility index (Phi) is 4.99. The van der Waals surface area contributed by atoms with Crippen LogP contribution in [0.25, 0.3) is 94.7 Å². The highest BCUT2D eigenvalue weighted by Crippen LogP contribution is 2.39. The van der Waals surface area contributed by atoms with Crippen LogP contribution >= 0.6 is 0 Å². The summed E-state index contributed by atoms with van der Waals surface area (Å²) in [6.45, 7) is 0. The Bertz CT molecular complexity index is 3270. The predicted molar refractivity (Wildman–Crippen MR) is 203 cm³/mol. The molecule has 5 nitrogen and oxygen atoms in total. The topological polar surface area (TPSA) is 56.7 Å². The van der Waals surface area contributed by atoms with Crippen molar-refractivity contribution in [2.45, 2.75) is 0 Å². The maximum atomic E-state index is 9.28. The minimum absolute atomic E-state index is 0.161. The molecule has 0 spiro atoms. The zero-order valence-corrected chi connectivity index (χ0v) is 26.3. The summed E-state index contributed by atoms with van der Waals surface area (Å²) in [6.07, 6.45) is 0. The van der Waals surface area contributed by atoms with Crippen molar-refractivity contribution < 1.29 is 14.0 Å². The van der Waals surface area contributed by atoms with Crippen LogP contribution in [0.1, 0.15) is 9.60 Å². The number of rotatable bonds is 5. The maximum Gasteiger partial charge on any atom is 0.164 e. The van der Waals surface area contributed by atoms with Crippen molar-refractivity contribution in [1.82, 2.24) is 19.5 Å². The van der Waals surface area contributed by atoms with Gasteiger partial charge in [-0.25, -0.2) is 15.0 Å². The number of fused-ring (bicyclic) bond motifs is 6. The predicted octanol–water partition coefficient (Wildman–Crippen LogP) is 11.5. The number of aromatic nitrogens is 4. The van der Waals surface area contributed by atoms with Crippen LogP contribution < -0.4 is 0 Å². The van der Waals surface area contributed by atoms with Gasteiger partial charge in [0.05, 0.1) is 20.6 Å². The van der Waals surface area contributed by atoms with Crippen LogP contribution in [0.2, 0.25) is 0 Å². The summed E-state index contributed by atoms with van der Waals surface area (Å²) < 4.78 is 70.5. The van der Waals surface area contributed by atoms with Crippen LogP contribution in [-0.4, -0.2) is 19.5 Å². The van der Waals surface area contributed by atoms with Gasteiger partial charge in [-0.3, -0.25) is 0 Å². The van der Waals surface area contributed by atoms with Gasteiger partial charge in [0.2, 0.25) is 0 Å². The molecule has 0 radical (unpaired) electrons. The van der Waals surface area contributed by atoms with E-state index in [0.717, 1.165) is 27.5 Å². The van der Waals surface area contributed by atoms with Gasteiger partial charge in [0, 0.05) is 43.9 Å². The summed E-state index contributed by atoms with van der Waals surface area (Å²) in [5, 5.41) is 2.43. The van der Waals surface area contributed by atoms with Crippen molar-refractivity contribution in [3.63, 3.8) is 0 Å². The quantitative estimate of drug-likeness (QED) is 0.186. The molecule has 3 aromatic heterocycles. The molecule has 0 fully saturated rings. The van der Waals surface area contributed by atoms with E-state index in [1.54, 1.807) is 41.0 Å². The van der Waals surface area contributed by atoms with E-state index in [-0.39, 0.29) is 57.6 Å².